The largest absolute Gasteiger partial charge is 0.478 e. The summed E-state index contributed by atoms with van der Waals surface area (Å²) < 4.78 is 0. The van der Waals surface area contributed by atoms with Gasteiger partial charge >= 0.3 is 5.97 Å². The zero-order chi connectivity index (χ0) is 11.0. The lowest BCUT2D eigenvalue weighted by Gasteiger charge is -2.05. The molecular weight excluding hydrogens is 217 g/mol. The Morgan fingerprint density at radius 3 is 2.62 bits per heavy atom. The fourth-order valence-electron chi connectivity index (χ4n) is 1.75. The Morgan fingerprint density at radius 2 is 2.00 bits per heavy atom. The Labute approximate surface area is 104 Å². The first-order valence-corrected chi connectivity index (χ1v) is 4.70. The summed E-state index contributed by atoms with van der Waals surface area (Å²) >= 11 is 0. The molecule has 0 aliphatic heterocycles. The number of aromatic nitrogens is 1. The standard InChI is InChI=1S/C12H11NO2.Al/c1-7-6-8(2)13-11-9(7)4-3-5-10(11)12(14)15;/h3-6H,1-2H3,(H,14,15);. The van der Waals surface area contributed by atoms with E-state index >= 15 is 0 Å². The molecule has 3 nitrogen and oxygen atoms in total. The summed E-state index contributed by atoms with van der Waals surface area (Å²) in [6, 6.07) is 7.17. The molecule has 0 amide bonds. The number of nitrogens with zero attached hydrogens (tertiary/aromatic N) is 1. The van der Waals surface area contributed by atoms with Crippen molar-refractivity contribution >= 4 is 34.2 Å². The second-order valence-electron chi connectivity index (χ2n) is 3.59. The number of aromatic carboxylic acids is 1. The van der Waals surface area contributed by atoms with Crippen LogP contribution < -0.4 is 0 Å². The summed E-state index contributed by atoms with van der Waals surface area (Å²) in [4.78, 5) is 15.3. The van der Waals surface area contributed by atoms with E-state index < -0.39 is 5.97 Å². The van der Waals surface area contributed by atoms with Crippen LogP contribution in [0.1, 0.15) is 21.6 Å². The Hall–Kier alpha value is -1.37. The molecule has 0 spiro atoms. The number of aryl methyl sites for hydroxylation is 2. The minimum atomic E-state index is -0.932. The lowest BCUT2D eigenvalue weighted by Crippen LogP contribution is -2.00. The van der Waals surface area contributed by atoms with E-state index in [9.17, 15) is 4.79 Å². The molecule has 0 bridgehead atoms. The van der Waals surface area contributed by atoms with E-state index in [4.69, 9.17) is 5.11 Å². The van der Waals surface area contributed by atoms with Crippen molar-refractivity contribution < 1.29 is 9.90 Å². The molecule has 16 heavy (non-hydrogen) atoms. The summed E-state index contributed by atoms with van der Waals surface area (Å²) in [6.07, 6.45) is 0. The third-order valence-electron chi connectivity index (χ3n) is 2.40. The predicted molar refractivity (Wildman–Crippen MR) is 63.9 cm³/mol. The number of pyridine rings is 1. The van der Waals surface area contributed by atoms with E-state index in [1.165, 1.54) is 0 Å². The second kappa shape index (κ2) is 4.65. The molecule has 0 saturated heterocycles. The van der Waals surface area contributed by atoms with Crippen molar-refractivity contribution in [2.24, 2.45) is 0 Å². The minimum Gasteiger partial charge on any atom is -0.478 e. The number of hydrogen-bond donors (Lipinski definition) is 1. The van der Waals surface area contributed by atoms with Crippen LogP contribution in [0.2, 0.25) is 0 Å². The average molecular weight is 228 g/mol. The van der Waals surface area contributed by atoms with Crippen LogP contribution in [-0.4, -0.2) is 33.4 Å². The van der Waals surface area contributed by atoms with E-state index in [-0.39, 0.29) is 22.9 Å². The quantitative estimate of drug-likeness (QED) is 0.761. The molecule has 1 aromatic heterocycles. The molecule has 0 saturated carbocycles. The van der Waals surface area contributed by atoms with Gasteiger partial charge in [-0.1, -0.05) is 12.1 Å². The maximum absolute atomic E-state index is 11.0. The normalized spacial score (nSPS) is 9.88. The topological polar surface area (TPSA) is 50.2 Å². The van der Waals surface area contributed by atoms with Crippen LogP contribution >= 0.6 is 0 Å². The lowest BCUT2D eigenvalue weighted by molar-refractivity contribution is 0.0699. The molecule has 0 atom stereocenters. The molecule has 4 heteroatoms. The number of carbonyl (C=O) groups is 1. The van der Waals surface area contributed by atoms with Crippen molar-refractivity contribution in [1.82, 2.24) is 4.98 Å². The first kappa shape index (κ1) is 12.7. The molecule has 1 N–H and O–H groups in total. The van der Waals surface area contributed by atoms with E-state index in [0.29, 0.717) is 5.52 Å². The van der Waals surface area contributed by atoms with Gasteiger partial charge in [0, 0.05) is 28.4 Å². The van der Waals surface area contributed by atoms with Crippen molar-refractivity contribution in [3.63, 3.8) is 0 Å². The van der Waals surface area contributed by atoms with Gasteiger partial charge in [-0.2, -0.15) is 0 Å². The molecule has 2 aromatic rings. The van der Waals surface area contributed by atoms with Crippen LogP contribution in [0.15, 0.2) is 24.3 Å². The summed E-state index contributed by atoms with van der Waals surface area (Å²) in [7, 11) is 0. The second-order valence-corrected chi connectivity index (χ2v) is 3.59. The van der Waals surface area contributed by atoms with E-state index in [2.05, 4.69) is 4.98 Å². The SMILES string of the molecule is Cc1cc(C)c2cccc(C(=O)O)c2n1.[Al]. The van der Waals surface area contributed by atoms with Crippen molar-refractivity contribution in [2.45, 2.75) is 13.8 Å². The molecular formula is C12H11AlNO2. The molecule has 3 radical (unpaired) electrons. The molecule has 0 unspecified atom stereocenters. The number of para-hydroxylation sites is 1. The van der Waals surface area contributed by atoms with Crippen LogP contribution in [0, 0.1) is 13.8 Å². The monoisotopic (exact) mass is 228 g/mol. The Morgan fingerprint density at radius 1 is 1.31 bits per heavy atom. The van der Waals surface area contributed by atoms with Crippen molar-refractivity contribution in [1.29, 1.82) is 0 Å². The van der Waals surface area contributed by atoms with Gasteiger partial charge < -0.3 is 5.11 Å². The molecule has 0 aliphatic rings. The Kier molecular flexibility index (Phi) is 3.69. The summed E-state index contributed by atoms with van der Waals surface area (Å²) in [5.41, 5.74) is 2.73. The minimum absolute atomic E-state index is 0. The number of benzene rings is 1. The zero-order valence-electron chi connectivity index (χ0n) is 9.19. The van der Waals surface area contributed by atoms with Gasteiger partial charge in [-0.25, -0.2) is 4.79 Å². The summed E-state index contributed by atoms with van der Waals surface area (Å²) in [5.74, 6) is -0.932. The lowest BCUT2D eigenvalue weighted by atomic mass is 10.1. The number of carboxylic acids is 1. The van der Waals surface area contributed by atoms with Gasteiger partial charge in [-0.3, -0.25) is 4.98 Å². The van der Waals surface area contributed by atoms with Gasteiger partial charge in [-0.15, -0.1) is 0 Å². The zero-order valence-corrected chi connectivity index (χ0v) is 10.3. The first-order valence-electron chi connectivity index (χ1n) is 4.70. The predicted octanol–water partition coefficient (Wildman–Crippen LogP) is 2.17. The number of rotatable bonds is 1. The van der Waals surface area contributed by atoms with E-state index in [0.717, 1.165) is 16.6 Å². The summed E-state index contributed by atoms with van der Waals surface area (Å²) in [6.45, 7) is 3.83. The van der Waals surface area contributed by atoms with Crippen molar-refractivity contribution in [3.8, 4) is 0 Å². The molecule has 2 rings (SSSR count). The third kappa shape index (κ3) is 2.09. The van der Waals surface area contributed by atoms with Gasteiger partial charge in [0.1, 0.15) is 0 Å². The van der Waals surface area contributed by atoms with Crippen LogP contribution in [0.5, 0.6) is 0 Å². The van der Waals surface area contributed by atoms with E-state index in [1.807, 2.05) is 26.0 Å². The van der Waals surface area contributed by atoms with Crippen LogP contribution in [0.25, 0.3) is 10.9 Å². The molecule has 79 valence electrons. The van der Waals surface area contributed by atoms with Gasteiger partial charge in [-0.05, 0) is 31.5 Å². The van der Waals surface area contributed by atoms with Crippen molar-refractivity contribution in [2.75, 3.05) is 0 Å². The van der Waals surface area contributed by atoms with Gasteiger partial charge in [0.05, 0.1) is 11.1 Å². The maximum Gasteiger partial charge on any atom is 0.337 e. The summed E-state index contributed by atoms with van der Waals surface area (Å²) in [5, 5.41) is 9.93. The number of carboxylic acid groups (broad SMARTS) is 1. The maximum atomic E-state index is 11.0. The smallest absolute Gasteiger partial charge is 0.337 e. The number of hydrogen-bond acceptors (Lipinski definition) is 2. The first-order chi connectivity index (χ1) is 7.09. The fourth-order valence-corrected chi connectivity index (χ4v) is 1.75. The van der Waals surface area contributed by atoms with Gasteiger partial charge in [0.15, 0.2) is 0 Å². The highest BCUT2D eigenvalue weighted by Crippen LogP contribution is 2.20. The van der Waals surface area contributed by atoms with Crippen molar-refractivity contribution in [3.05, 3.63) is 41.1 Å². The fraction of sp³-hybridized carbons (Fsp3) is 0.167. The highest BCUT2D eigenvalue weighted by atomic mass is 27.0. The molecule has 1 heterocycles. The van der Waals surface area contributed by atoms with Gasteiger partial charge in [0.25, 0.3) is 0 Å². The highest BCUT2D eigenvalue weighted by molar-refractivity contribution is 6.02. The van der Waals surface area contributed by atoms with Gasteiger partial charge in [0.2, 0.25) is 0 Å². The van der Waals surface area contributed by atoms with E-state index in [1.54, 1.807) is 12.1 Å². The molecule has 0 fully saturated rings. The Bertz CT molecular complexity index is 552. The van der Waals surface area contributed by atoms with Crippen LogP contribution in [0.3, 0.4) is 0 Å². The molecule has 0 aliphatic carbocycles. The number of fused-ring (bicyclic) bond motifs is 1. The average Bonchev–Trinajstić information content (AvgIpc) is 2.16. The highest BCUT2D eigenvalue weighted by Gasteiger charge is 2.10. The van der Waals surface area contributed by atoms with Crippen LogP contribution in [0.4, 0.5) is 0 Å². The third-order valence-corrected chi connectivity index (χ3v) is 2.40. The Balaban J connectivity index is 0.00000128. The molecule has 1 aromatic carbocycles. The van der Waals surface area contributed by atoms with Crippen LogP contribution in [-0.2, 0) is 0 Å².